The molecule has 0 N–H and O–H groups in total. The molecule has 2 aromatic heterocycles. The second-order valence-corrected chi connectivity index (χ2v) is 3.82. The molecule has 0 unspecified atom stereocenters. The number of fused-ring (bicyclic) bond motifs is 1. The van der Waals surface area contributed by atoms with Crippen molar-refractivity contribution < 1.29 is 4.92 Å². The molecule has 88 valence electrons. The Bertz CT molecular complexity index is 718. The summed E-state index contributed by atoms with van der Waals surface area (Å²) in [5, 5.41) is 18.3. The predicted molar refractivity (Wildman–Crippen MR) is 65.1 cm³/mol. The van der Waals surface area contributed by atoms with Crippen molar-refractivity contribution in [1.29, 1.82) is 0 Å². The summed E-state index contributed by atoms with van der Waals surface area (Å²) in [6.45, 7) is 0. The standard InChI is InChI=1S/C12H8N4O2/c17-16(18)11-4-1-9(2-5-11)10-3-6-12-14-13-8-15(12)7-10/h1-8H. The summed E-state index contributed by atoms with van der Waals surface area (Å²) in [6, 6.07) is 10.2. The van der Waals surface area contributed by atoms with E-state index < -0.39 is 4.92 Å². The number of nitro groups is 1. The molecule has 0 saturated carbocycles. The van der Waals surface area contributed by atoms with E-state index in [1.807, 2.05) is 18.3 Å². The van der Waals surface area contributed by atoms with Crippen LogP contribution < -0.4 is 0 Å². The van der Waals surface area contributed by atoms with Crippen LogP contribution in [0.25, 0.3) is 16.8 Å². The number of hydrogen-bond donors (Lipinski definition) is 0. The molecule has 0 spiro atoms. The predicted octanol–water partition coefficient (Wildman–Crippen LogP) is 2.30. The van der Waals surface area contributed by atoms with Crippen LogP contribution in [0.1, 0.15) is 0 Å². The van der Waals surface area contributed by atoms with Gasteiger partial charge in [-0.05, 0) is 35.4 Å². The molecule has 3 aromatic rings. The van der Waals surface area contributed by atoms with Gasteiger partial charge in [0.2, 0.25) is 0 Å². The van der Waals surface area contributed by atoms with E-state index in [9.17, 15) is 10.1 Å². The molecular weight excluding hydrogens is 232 g/mol. The number of rotatable bonds is 2. The Labute approximate surface area is 102 Å². The van der Waals surface area contributed by atoms with Crippen LogP contribution in [0.3, 0.4) is 0 Å². The van der Waals surface area contributed by atoms with Crippen LogP contribution in [0.2, 0.25) is 0 Å². The molecule has 0 saturated heterocycles. The Morgan fingerprint density at radius 3 is 2.50 bits per heavy atom. The van der Waals surface area contributed by atoms with Gasteiger partial charge in [-0.15, -0.1) is 10.2 Å². The number of nitro benzene ring substituents is 1. The minimum Gasteiger partial charge on any atom is -0.288 e. The normalized spacial score (nSPS) is 10.7. The maximum absolute atomic E-state index is 10.6. The number of hydrogen-bond acceptors (Lipinski definition) is 4. The maximum atomic E-state index is 10.6. The Kier molecular flexibility index (Phi) is 2.26. The number of nitrogens with zero attached hydrogens (tertiary/aromatic N) is 4. The Hall–Kier alpha value is -2.76. The minimum atomic E-state index is -0.410. The molecule has 0 aliphatic rings. The number of non-ortho nitro benzene ring substituents is 1. The van der Waals surface area contributed by atoms with Gasteiger partial charge in [-0.1, -0.05) is 0 Å². The Morgan fingerprint density at radius 1 is 1.06 bits per heavy atom. The summed E-state index contributed by atoms with van der Waals surface area (Å²) < 4.78 is 1.80. The lowest BCUT2D eigenvalue weighted by atomic mass is 10.1. The summed E-state index contributed by atoms with van der Waals surface area (Å²) in [4.78, 5) is 10.2. The highest BCUT2D eigenvalue weighted by atomic mass is 16.6. The number of aromatic nitrogens is 3. The zero-order chi connectivity index (χ0) is 12.5. The van der Waals surface area contributed by atoms with E-state index in [1.54, 1.807) is 22.9 Å². The van der Waals surface area contributed by atoms with Crippen LogP contribution in [-0.2, 0) is 0 Å². The van der Waals surface area contributed by atoms with Gasteiger partial charge in [0.15, 0.2) is 5.65 Å². The van der Waals surface area contributed by atoms with Gasteiger partial charge in [0.05, 0.1) is 4.92 Å². The highest BCUT2D eigenvalue weighted by molar-refractivity contribution is 5.65. The van der Waals surface area contributed by atoms with E-state index in [4.69, 9.17) is 0 Å². The van der Waals surface area contributed by atoms with Crippen molar-refractivity contribution in [3.8, 4) is 11.1 Å². The van der Waals surface area contributed by atoms with Gasteiger partial charge in [0, 0.05) is 18.3 Å². The van der Waals surface area contributed by atoms with Crippen molar-refractivity contribution in [3.63, 3.8) is 0 Å². The molecule has 0 amide bonds. The van der Waals surface area contributed by atoms with Crippen LogP contribution in [0, 0.1) is 10.1 Å². The van der Waals surface area contributed by atoms with E-state index >= 15 is 0 Å². The molecule has 0 fully saturated rings. The topological polar surface area (TPSA) is 73.3 Å². The molecule has 0 radical (unpaired) electrons. The first-order valence-corrected chi connectivity index (χ1v) is 5.28. The van der Waals surface area contributed by atoms with Gasteiger partial charge in [-0.25, -0.2) is 0 Å². The lowest BCUT2D eigenvalue weighted by molar-refractivity contribution is -0.384. The molecule has 18 heavy (non-hydrogen) atoms. The maximum Gasteiger partial charge on any atom is 0.269 e. The lowest BCUT2D eigenvalue weighted by Gasteiger charge is -2.01. The largest absolute Gasteiger partial charge is 0.288 e. The highest BCUT2D eigenvalue weighted by Gasteiger charge is 2.05. The average Bonchev–Trinajstić information content (AvgIpc) is 2.86. The zero-order valence-corrected chi connectivity index (χ0v) is 9.22. The zero-order valence-electron chi connectivity index (χ0n) is 9.22. The first kappa shape index (κ1) is 10.4. The van der Waals surface area contributed by atoms with Gasteiger partial charge in [0.1, 0.15) is 6.33 Å². The summed E-state index contributed by atoms with van der Waals surface area (Å²) in [5.74, 6) is 0. The second-order valence-electron chi connectivity index (χ2n) is 3.82. The van der Waals surface area contributed by atoms with Crippen molar-refractivity contribution >= 4 is 11.3 Å². The molecule has 0 bridgehead atoms. The summed E-state index contributed by atoms with van der Waals surface area (Å²) in [6.07, 6.45) is 3.50. The fourth-order valence-corrected chi connectivity index (χ4v) is 1.77. The van der Waals surface area contributed by atoms with Crippen molar-refractivity contribution in [1.82, 2.24) is 14.6 Å². The molecule has 6 nitrogen and oxygen atoms in total. The van der Waals surface area contributed by atoms with E-state index in [1.165, 1.54) is 12.1 Å². The fourth-order valence-electron chi connectivity index (χ4n) is 1.77. The van der Waals surface area contributed by atoms with E-state index in [-0.39, 0.29) is 5.69 Å². The van der Waals surface area contributed by atoms with Crippen molar-refractivity contribution in [3.05, 3.63) is 59.0 Å². The third-order valence-electron chi connectivity index (χ3n) is 2.70. The van der Waals surface area contributed by atoms with Crippen LogP contribution in [0.15, 0.2) is 48.9 Å². The monoisotopic (exact) mass is 240 g/mol. The summed E-state index contributed by atoms with van der Waals surface area (Å²) >= 11 is 0. The molecule has 6 heteroatoms. The van der Waals surface area contributed by atoms with Gasteiger partial charge in [-0.3, -0.25) is 14.5 Å². The second kappa shape index (κ2) is 3.92. The quantitative estimate of drug-likeness (QED) is 0.509. The Balaban J connectivity index is 2.05. The van der Waals surface area contributed by atoms with Crippen LogP contribution in [0.4, 0.5) is 5.69 Å². The van der Waals surface area contributed by atoms with Crippen LogP contribution in [0.5, 0.6) is 0 Å². The summed E-state index contributed by atoms with van der Waals surface area (Å²) in [7, 11) is 0. The fraction of sp³-hybridized carbons (Fsp3) is 0. The minimum absolute atomic E-state index is 0.0872. The van der Waals surface area contributed by atoms with E-state index in [0.717, 1.165) is 16.8 Å². The molecule has 0 aliphatic carbocycles. The number of benzene rings is 1. The molecule has 2 heterocycles. The van der Waals surface area contributed by atoms with Crippen molar-refractivity contribution in [2.24, 2.45) is 0 Å². The smallest absolute Gasteiger partial charge is 0.269 e. The van der Waals surface area contributed by atoms with E-state index in [0.29, 0.717) is 0 Å². The lowest BCUT2D eigenvalue weighted by Crippen LogP contribution is -1.88. The van der Waals surface area contributed by atoms with Crippen LogP contribution >= 0.6 is 0 Å². The first-order chi connectivity index (χ1) is 8.74. The van der Waals surface area contributed by atoms with Gasteiger partial charge in [-0.2, -0.15) is 0 Å². The molecule has 0 atom stereocenters. The van der Waals surface area contributed by atoms with E-state index in [2.05, 4.69) is 10.2 Å². The third-order valence-corrected chi connectivity index (χ3v) is 2.70. The van der Waals surface area contributed by atoms with Crippen LogP contribution in [-0.4, -0.2) is 19.5 Å². The van der Waals surface area contributed by atoms with Gasteiger partial charge >= 0.3 is 0 Å². The number of pyridine rings is 1. The molecule has 1 aromatic carbocycles. The van der Waals surface area contributed by atoms with Crippen molar-refractivity contribution in [2.45, 2.75) is 0 Å². The molecule has 0 aliphatic heterocycles. The average molecular weight is 240 g/mol. The first-order valence-electron chi connectivity index (χ1n) is 5.28. The van der Waals surface area contributed by atoms with Crippen molar-refractivity contribution in [2.75, 3.05) is 0 Å². The Morgan fingerprint density at radius 2 is 1.78 bits per heavy atom. The molecule has 3 rings (SSSR count). The van der Waals surface area contributed by atoms with Gasteiger partial charge < -0.3 is 0 Å². The summed E-state index contributed by atoms with van der Waals surface area (Å²) in [5.41, 5.74) is 2.72. The highest BCUT2D eigenvalue weighted by Crippen LogP contribution is 2.22. The SMILES string of the molecule is O=[N+]([O-])c1ccc(-c2ccc3nncn3c2)cc1. The van der Waals surface area contributed by atoms with Gasteiger partial charge in [0.25, 0.3) is 5.69 Å². The molecular formula is C12H8N4O2. The third kappa shape index (κ3) is 1.69.